The van der Waals surface area contributed by atoms with Crippen molar-refractivity contribution < 1.29 is 14.6 Å². The largest absolute Gasteiger partial charge is 0.444 e. The van der Waals surface area contributed by atoms with Crippen molar-refractivity contribution in [3.05, 3.63) is 0 Å². The van der Waals surface area contributed by atoms with Crippen LogP contribution < -0.4 is 0 Å². The van der Waals surface area contributed by atoms with Gasteiger partial charge in [0.15, 0.2) is 0 Å². The predicted octanol–water partition coefficient (Wildman–Crippen LogP) is 2.63. The average molecular weight is 297 g/mol. The van der Waals surface area contributed by atoms with Crippen molar-refractivity contribution in [2.45, 2.75) is 64.5 Å². The van der Waals surface area contributed by atoms with Gasteiger partial charge in [0.25, 0.3) is 0 Å². The Labute approximate surface area is 123 Å². The van der Waals surface area contributed by atoms with Crippen LogP contribution >= 0.6 is 0 Å². The fourth-order valence-electron chi connectivity index (χ4n) is 1.92. The van der Waals surface area contributed by atoms with E-state index in [1.54, 1.807) is 4.90 Å². The highest BCUT2D eigenvalue weighted by atomic mass is 28.3. The second kappa shape index (κ2) is 5.78. The van der Waals surface area contributed by atoms with Crippen molar-refractivity contribution >= 4 is 14.2 Å². The molecule has 1 aliphatic heterocycles. The molecule has 1 N–H and O–H groups in total. The summed E-state index contributed by atoms with van der Waals surface area (Å²) in [4.78, 5) is 13.6. The SMILES string of the molecule is CC(C)(C)OC(=O)N1CCCC(O)(C#C[Si](C)(C)C)C1. The number of nitrogens with zero attached hydrogens (tertiary/aromatic N) is 1. The summed E-state index contributed by atoms with van der Waals surface area (Å²) in [6.07, 6.45) is 0.991. The van der Waals surface area contributed by atoms with Gasteiger partial charge in [0.05, 0.1) is 6.54 Å². The van der Waals surface area contributed by atoms with Crippen LogP contribution in [0.4, 0.5) is 4.79 Å². The van der Waals surface area contributed by atoms with E-state index >= 15 is 0 Å². The van der Waals surface area contributed by atoms with Gasteiger partial charge in [-0.05, 0) is 33.6 Å². The number of ether oxygens (including phenoxy) is 1. The smallest absolute Gasteiger partial charge is 0.410 e. The third-order valence-corrected chi connectivity index (χ3v) is 3.67. The number of β-amino-alcohol motifs (C(OH)–C–C–N with tert-alkyl or cyclic N) is 1. The lowest BCUT2D eigenvalue weighted by Gasteiger charge is -2.37. The number of piperidine rings is 1. The van der Waals surface area contributed by atoms with Crippen molar-refractivity contribution in [2.24, 2.45) is 0 Å². The molecule has 0 aliphatic carbocycles. The molecule has 0 saturated carbocycles. The summed E-state index contributed by atoms with van der Waals surface area (Å²) in [5.74, 6) is 3.00. The lowest BCUT2D eigenvalue weighted by Crippen LogP contribution is -2.51. The third kappa shape index (κ3) is 5.97. The van der Waals surface area contributed by atoms with E-state index in [1.807, 2.05) is 20.8 Å². The standard InChI is InChI=1S/C15H27NO3Si/c1-14(2,3)19-13(17)16-10-7-8-15(18,12-16)9-11-20(4,5)6/h18H,7-8,10,12H2,1-6H3. The van der Waals surface area contributed by atoms with Crippen LogP contribution in [0.15, 0.2) is 0 Å². The minimum absolute atomic E-state index is 0.236. The zero-order chi connectivity index (χ0) is 15.6. The van der Waals surface area contributed by atoms with E-state index in [-0.39, 0.29) is 12.6 Å². The van der Waals surface area contributed by atoms with Gasteiger partial charge in [0.2, 0.25) is 0 Å². The van der Waals surface area contributed by atoms with Gasteiger partial charge in [-0.2, -0.15) is 0 Å². The summed E-state index contributed by atoms with van der Waals surface area (Å²) < 4.78 is 5.35. The summed E-state index contributed by atoms with van der Waals surface area (Å²) >= 11 is 0. The first kappa shape index (κ1) is 17.1. The molecule has 114 valence electrons. The minimum Gasteiger partial charge on any atom is -0.444 e. The Morgan fingerprint density at radius 1 is 1.35 bits per heavy atom. The van der Waals surface area contributed by atoms with Gasteiger partial charge in [-0.25, -0.2) is 4.79 Å². The first-order valence-corrected chi connectivity index (χ1v) is 10.6. The van der Waals surface area contributed by atoms with E-state index in [1.165, 1.54) is 0 Å². The minimum atomic E-state index is -1.53. The number of carbonyl (C=O) groups is 1. The zero-order valence-electron chi connectivity index (χ0n) is 13.5. The molecule has 1 aliphatic rings. The van der Waals surface area contributed by atoms with Crippen LogP contribution in [0.1, 0.15) is 33.6 Å². The monoisotopic (exact) mass is 297 g/mol. The van der Waals surface area contributed by atoms with Crippen molar-refractivity contribution in [3.8, 4) is 11.5 Å². The molecule has 0 bridgehead atoms. The maximum Gasteiger partial charge on any atom is 0.410 e. The van der Waals surface area contributed by atoms with Crippen molar-refractivity contribution in [1.82, 2.24) is 4.90 Å². The summed E-state index contributed by atoms with van der Waals surface area (Å²) in [7, 11) is -1.53. The number of amides is 1. The maximum atomic E-state index is 12.1. The number of hydrogen-bond donors (Lipinski definition) is 1. The summed E-state index contributed by atoms with van der Waals surface area (Å²) in [6, 6.07) is 0. The molecule has 5 heteroatoms. The molecular weight excluding hydrogens is 270 g/mol. The van der Waals surface area contributed by atoms with Crippen molar-refractivity contribution in [1.29, 1.82) is 0 Å². The first-order chi connectivity index (χ1) is 8.90. The fourth-order valence-corrected chi connectivity index (χ4v) is 2.53. The molecule has 1 fully saturated rings. The highest BCUT2D eigenvalue weighted by molar-refractivity contribution is 6.83. The number of aliphatic hydroxyl groups is 1. The van der Waals surface area contributed by atoms with Gasteiger partial charge in [0, 0.05) is 6.54 Å². The fraction of sp³-hybridized carbons (Fsp3) is 0.800. The molecule has 0 radical (unpaired) electrons. The molecule has 0 spiro atoms. The summed E-state index contributed by atoms with van der Waals surface area (Å²) in [6.45, 7) is 12.8. The number of likely N-dealkylation sites (tertiary alicyclic amines) is 1. The van der Waals surface area contributed by atoms with Gasteiger partial charge in [-0.1, -0.05) is 25.6 Å². The lowest BCUT2D eigenvalue weighted by atomic mass is 9.94. The van der Waals surface area contributed by atoms with Crippen LogP contribution in [0.3, 0.4) is 0 Å². The number of hydrogen-bond acceptors (Lipinski definition) is 3. The Morgan fingerprint density at radius 2 is 1.95 bits per heavy atom. The van der Waals surface area contributed by atoms with Gasteiger partial charge >= 0.3 is 6.09 Å². The van der Waals surface area contributed by atoms with Crippen molar-refractivity contribution in [3.63, 3.8) is 0 Å². The van der Waals surface area contributed by atoms with E-state index in [0.717, 1.165) is 6.42 Å². The van der Waals surface area contributed by atoms with Gasteiger partial charge < -0.3 is 14.7 Å². The topological polar surface area (TPSA) is 49.8 Å². The van der Waals surface area contributed by atoms with Crippen molar-refractivity contribution in [2.75, 3.05) is 13.1 Å². The van der Waals surface area contributed by atoms with Crippen LogP contribution in [0, 0.1) is 11.5 Å². The number of carbonyl (C=O) groups excluding carboxylic acids is 1. The Balaban J connectivity index is 2.75. The highest BCUT2D eigenvalue weighted by Crippen LogP contribution is 2.22. The Bertz CT molecular complexity index is 425. The first-order valence-electron chi connectivity index (χ1n) is 7.15. The van der Waals surface area contributed by atoms with Gasteiger partial charge in [-0.15, -0.1) is 5.54 Å². The number of rotatable bonds is 0. The Hall–Kier alpha value is -0.993. The predicted molar refractivity (Wildman–Crippen MR) is 83.1 cm³/mol. The van der Waals surface area contributed by atoms with Gasteiger partial charge in [-0.3, -0.25) is 0 Å². The van der Waals surface area contributed by atoms with Crippen LogP contribution in [-0.4, -0.2) is 48.5 Å². The van der Waals surface area contributed by atoms with Crippen LogP contribution in [0.2, 0.25) is 19.6 Å². The molecule has 0 aromatic heterocycles. The van der Waals surface area contributed by atoms with Crippen LogP contribution in [-0.2, 0) is 4.74 Å². The summed E-state index contributed by atoms with van der Waals surface area (Å²) in [5, 5.41) is 10.6. The van der Waals surface area contributed by atoms with E-state index in [4.69, 9.17) is 4.74 Å². The Kier molecular flexibility index (Phi) is 4.93. The van der Waals surface area contributed by atoms with Crippen LogP contribution in [0.5, 0.6) is 0 Å². The quantitative estimate of drug-likeness (QED) is 0.552. The zero-order valence-corrected chi connectivity index (χ0v) is 14.5. The lowest BCUT2D eigenvalue weighted by molar-refractivity contribution is -0.0152. The maximum absolute atomic E-state index is 12.1. The molecule has 1 amide bonds. The molecular formula is C15H27NO3Si. The van der Waals surface area contributed by atoms with E-state index in [0.29, 0.717) is 13.0 Å². The van der Waals surface area contributed by atoms with E-state index in [9.17, 15) is 9.90 Å². The molecule has 20 heavy (non-hydrogen) atoms. The highest BCUT2D eigenvalue weighted by Gasteiger charge is 2.35. The Morgan fingerprint density at radius 3 is 2.45 bits per heavy atom. The second-order valence-corrected chi connectivity index (χ2v) is 12.3. The molecule has 0 aromatic rings. The summed E-state index contributed by atoms with van der Waals surface area (Å²) in [5.41, 5.74) is 1.59. The van der Waals surface area contributed by atoms with Gasteiger partial charge in [0.1, 0.15) is 19.3 Å². The molecule has 0 aromatic carbocycles. The molecule has 1 unspecified atom stereocenters. The second-order valence-electron chi connectivity index (χ2n) is 7.54. The third-order valence-electron chi connectivity index (χ3n) is 2.79. The van der Waals surface area contributed by atoms with E-state index in [2.05, 4.69) is 31.1 Å². The normalized spacial score (nSPS) is 23.9. The average Bonchev–Trinajstić information content (AvgIpc) is 2.23. The molecule has 1 rings (SSSR count). The molecule has 4 nitrogen and oxygen atoms in total. The van der Waals surface area contributed by atoms with E-state index < -0.39 is 19.3 Å². The molecule has 1 saturated heterocycles. The molecule has 1 atom stereocenters. The molecule has 1 heterocycles. The van der Waals surface area contributed by atoms with Crippen LogP contribution in [0.25, 0.3) is 0 Å².